The Kier molecular flexibility index (Phi) is 5.63. The van der Waals surface area contributed by atoms with Crippen LogP contribution < -0.4 is 5.32 Å². The molecule has 0 aromatic rings. The molecule has 1 unspecified atom stereocenters. The van der Waals surface area contributed by atoms with Crippen LogP contribution in [0.1, 0.15) is 6.92 Å². The molecule has 0 bridgehead atoms. The van der Waals surface area contributed by atoms with Crippen molar-refractivity contribution in [3.05, 3.63) is 0 Å². The first-order valence-corrected chi connectivity index (χ1v) is 7.12. The molecule has 16 heavy (non-hydrogen) atoms. The second-order valence-electron chi connectivity index (χ2n) is 3.70. The van der Waals surface area contributed by atoms with Gasteiger partial charge in [0, 0.05) is 19.6 Å². The summed E-state index contributed by atoms with van der Waals surface area (Å²) in [6.45, 7) is 4.00. The first-order valence-electron chi connectivity index (χ1n) is 5.51. The van der Waals surface area contributed by atoms with Crippen molar-refractivity contribution in [2.24, 2.45) is 0 Å². The largest absolute Gasteiger partial charge is 0.394 e. The van der Waals surface area contributed by atoms with Crippen LogP contribution in [0.4, 0.5) is 0 Å². The molecule has 6 nitrogen and oxygen atoms in total. The van der Waals surface area contributed by atoms with Gasteiger partial charge in [0.15, 0.2) is 0 Å². The van der Waals surface area contributed by atoms with E-state index in [-0.39, 0.29) is 25.0 Å². The molecule has 1 aliphatic rings. The molecule has 1 atom stereocenters. The third-order valence-corrected chi connectivity index (χ3v) is 4.32. The minimum absolute atomic E-state index is 0.0962. The lowest BCUT2D eigenvalue weighted by Gasteiger charge is -2.31. The lowest BCUT2D eigenvalue weighted by Crippen LogP contribution is -2.48. The molecule has 0 spiro atoms. The van der Waals surface area contributed by atoms with Crippen molar-refractivity contribution in [2.75, 3.05) is 45.1 Å². The van der Waals surface area contributed by atoms with Crippen LogP contribution in [0.2, 0.25) is 0 Å². The Balaban J connectivity index is 2.47. The van der Waals surface area contributed by atoms with Gasteiger partial charge in [0.1, 0.15) is 0 Å². The number of nitrogens with zero attached hydrogens (tertiary/aromatic N) is 1. The first kappa shape index (κ1) is 13.9. The molecule has 1 saturated heterocycles. The van der Waals surface area contributed by atoms with E-state index < -0.39 is 10.0 Å². The maximum absolute atomic E-state index is 11.9. The van der Waals surface area contributed by atoms with Crippen molar-refractivity contribution in [1.29, 1.82) is 0 Å². The standard InChI is InChI=1S/C9H20N2O4S/c1-2-10-3-6-16(13,14)11-4-5-15-9(7-11)8-12/h9-10,12H,2-8H2,1H3. The Morgan fingerprint density at radius 2 is 2.31 bits per heavy atom. The van der Waals surface area contributed by atoms with Crippen LogP contribution in [0.15, 0.2) is 0 Å². The van der Waals surface area contributed by atoms with E-state index in [4.69, 9.17) is 9.84 Å². The van der Waals surface area contributed by atoms with Gasteiger partial charge in [-0.1, -0.05) is 6.92 Å². The van der Waals surface area contributed by atoms with Gasteiger partial charge in [0.2, 0.25) is 10.0 Å². The number of hydrogen-bond donors (Lipinski definition) is 2. The van der Waals surface area contributed by atoms with Crippen molar-refractivity contribution in [1.82, 2.24) is 9.62 Å². The summed E-state index contributed by atoms with van der Waals surface area (Å²) in [6, 6.07) is 0. The van der Waals surface area contributed by atoms with Crippen molar-refractivity contribution in [3.8, 4) is 0 Å². The zero-order valence-corrected chi connectivity index (χ0v) is 10.4. The monoisotopic (exact) mass is 252 g/mol. The Hall–Kier alpha value is -0.210. The minimum Gasteiger partial charge on any atom is -0.394 e. The highest BCUT2D eigenvalue weighted by Gasteiger charge is 2.28. The maximum Gasteiger partial charge on any atom is 0.215 e. The third kappa shape index (κ3) is 3.99. The molecule has 2 N–H and O–H groups in total. The highest BCUT2D eigenvalue weighted by Crippen LogP contribution is 2.09. The summed E-state index contributed by atoms with van der Waals surface area (Å²) in [7, 11) is -3.22. The molecule has 1 fully saturated rings. The van der Waals surface area contributed by atoms with E-state index in [1.54, 1.807) is 0 Å². The lowest BCUT2D eigenvalue weighted by molar-refractivity contribution is -0.0304. The van der Waals surface area contributed by atoms with Gasteiger partial charge in [0.05, 0.1) is 25.1 Å². The van der Waals surface area contributed by atoms with Crippen molar-refractivity contribution < 1.29 is 18.3 Å². The highest BCUT2D eigenvalue weighted by molar-refractivity contribution is 7.89. The summed E-state index contributed by atoms with van der Waals surface area (Å²) < 4.78 is 30.3. The van der Waals surface area contributed by atoms with Gasteiger partial charge < -0.3 is 15.2 Å². The summed E-state index contributed by atoms with van der Waals surface area (Å²) in [6.07, 6.45) is -0.386. The predicted molar refractivity (Wildman–Crippen MR) is 60.7 cm³/mol. The fraction of sp³-hybridized carbons (Fsp3) is 1.00. The van der Waals surface area contributed by atoms with E-state index >= 15 is 0 Å². The third-order valence-electron chi connectivity index (χ3n) is 2.49. The van der Waals surface area contributed by atoms with E-state index in [1.807, 2.05) is 6.92 Å². The lowest BCUT2D eigenvalue weighted by atomic mass is 10.3. The van der Waals surface area contributed by atoms with E-state index in [1.165, 1.54) is 4.31 Å². The fourth-order valence-corrected chi connectivity index (χ4v) is 2.97. The zero-order chi connectivity index (χ0) is 12.0. The van der Waals surface area contributed by atoms with Crippen LogP contribution in [-0.4, -0.2) is 69.1 Å². The average molecular weight is 252 g/mol. The summed E-state index contributed by atoms with van der Waals surface area (Å²) in [5.41, 5.74) is 0. The highest BCUT2D eigenvalue weighted by atomic mass is 32.2. The van der Waals surface area contributed by atoms with Gasteiger partial charge in [-0.25, -0.2) is 8.42 Å². The van der Waals surface area contributed by atoms with Crippen molar-refractivity contribution in [2.45, 2.75) is 13.0 Å². The molecule has 0 radical (unpaired) electrons. The van der Waals surface area contributed by atoms with E-state index in [0.717, 1.165) is 6.54 Å². The molecule has 0 saturated carbocycles. The van der Waals surface area contributed by atoms with Crippen LogP contribution in [0.25, 0.3) is 0 Å². The van der Waals surface area contributed by atoms with Crippen LogP contribution in [0.3, 0.4) is 0 Å². The van der Waals surface area contributed by atoms with Gasteiger partial charge in [-0.15, -0.1) is 0 Å². The van der Waals surface area contributed by atoms with E-state index in [9.17, 15) is 8.42 Å². The van der Waals surface area contributed by atoms with Crippen LogP contribution in [-0.2, 0) is 14.8 Å². The van der Waals surface area contributed by atoms with E-state index in [2.05, 4.69) is 5.32 Å². The van der Waals surface area contributed by atoms with Gasteiger partial charge in [-0.3, -0.25) is 0 Å². The number of rotatable bonds is 6. The number of ether oxygens (including phenoxy) is 1. The van der Waals surface area contributed by atoms with Gasteiger partial charge >= 0.3 is 0 Å². The number of hydrogen-bond acceptors (Lipinski definition) is 5. The van der Waals surface area contributed by atoms with Crippen molar-refractivity contribution >= 4 is 10.0 Å². The number of morpholine rings is 1. The SMILES string of the molecule is CCNCCS(=O)(=O)N1CCOC(CO)C1. The Morgan fingerprint density at radius 3 is 2.94 bits per heavy atom. The normalized spacial score (nSPS) is 23.5. The first-order chi connectivity index (χ1) is 7.60. The molecule has 0 amide bonds. The van der Waals surface area contributed by atoms with Crippen LogP contribution in [0.5, 0.6) is 0 Å². The fourth-order valence-electron chi connectivity index (χ4n) is 1.56. The van der Waals surface area contributed by atoms with Crippen LogP contribution >= 0.6 is 0 Å². The predicted octanol–water partition coefficient (Wildman–Crippen LogP) is -1.38. The molecule has 1 aliphatic heterocycles. The molecule has 0 aromatic heterocycles. The average Bonchev–Trinajstić information content (AvgIpc) is 2.29. The Labute approximate surface area is 96.6 Å². The smallest absolute Gasteiger partial charge is 0.215 e. The van der Waals surface area contributed by atoms with Gasteiger partial charge in [-0.05, 0) is 6.54 Å². The number of nitrogens with one attached hydrogen (secondary N) is 1. The molecule has 0 aromatic carbocycles. The minimum atomic E-state index is -3.22. The summed E-state index contributed by atoms with van der Waals surface area (Å²) >= 11 is 0. The molecular weight excluding hydrogens is 232 g/mol. The zero-order valence-electron chi connectivity index (χ0n) is 9.55. The van der Waals surface area contributed by atoms with Crippen molar-refractivity contribution in [3.63, 3.8) is 0 Å². The quantitative estimate of drug-likeness (QED) is 0.570. The van der Waals surface area contributed by atoms with E-state index in [0.29, 0.717) is 19.7 Å². The summed E-state index contributed by atoms with van der Waals surface area (Å²) in [4.78, 5) is 0. The molecule has 1 heterocycles. The van der Waals surface area contributed by atoms with Gasteiger partial charge in [-0.2, -0.15) is 4.31 Å². The maximum atomic E-state index is 11.9. The molecule has 96 valence electrons. The Bertz CT molecular complexity index is 294. The van der Waals surface area contributed by atoms with Gasteiger partial charge in [0.25, 0.3) is 0 Å². The molecular formula is C9H20N2O4S. The number of aliphatic hydroxyl groups excluding tert-OH is 1. The second-order valence-corrected chi connectivity index (χ2v) is 5.79. The topological polar surface area (TPSA) is 78.9 Å². The molecule has 7 heteroatoms. The summed E-state index contributed by atoms with van der Waals surface area (Å²) in [5.74, 6) is 0.0962. The number of aliphatic hydroxyl groups is 1. The summed E-state index contributed by atoms with van der Waals surface area (Å²) in [5, 5.41) is 11.9. The molecule has 1 rings (SSSR count). The van der Waals surface area contributed by atoms with Crippen LogP contribution in [0, 0.1) is 0 Å². The second kappa shape index (κ2) is 6.51. The Morgan fingerprint density at radius 1 is 1.56 bits per heavy atom. The molecule has 0 aliphatic carbocycles. The number of sulfonamides is 1.